The smallest absolute Gasteiger partial charge is 0.318 e. The molecule has 2 rings (SSSR count). The van der Waals surface area contributed by atoms with Gasteiger partial charge >= 0.3 is 17.9 Å². The van der Waals surface area contributed by atoms with Gasteiger partial charge in [-0.2, -0.15) is 17.9 Å². The Hall–Kier alpha value is -2.72. The number of rotatable bonds is 3. The van der Waals surface area contributed by atoms with Gasteiger partial charge in [-0.3, -0.25) is 0 Å². The van der Waals surface area contributed by atoms with E-state index in [-0.39, 0.29) is 17.8 Å². The summed E-state index contributed by atoms with van der Waals surface area (Å²) in [6.45, 7) is 6.99. The van der Waals surface area contributed by atoms with Crippen LogP contribution in [0.4, 0.5) is 22.4 Å². The second-order valence-electron chi connectivity index (χ2n) is 6.12. The van der Waals surface area contributed by atoms with Crippen molar-refractivity contribution in [2.75, 3.05) is 0 Å². The molecular formula is C15H17F4N5O2. The molecule has 2 aromatic rings. The van der Waals surface area contributed by atoms with E-state index in [1.165, 1.54) is 4.90 Å². The lowest BCUT2D eigenvalue weighted by molar-refractivity contribution is -0.140. The Labute approximate surface area is 145 Å². The number of aromatic nitrogens is 4. The zero-order valence-corrected chi connectivity index (χ0v) is 14.5. The molecule has 26 heavy (non-hydrogen) atoms. The maximum Gasteiger partial charge on any atom is 0.419 e. The summed E-state index contributed by atoms with van der Waals surface area (Å²) in [4.78, 5) is 26.2. The second-order valence-corrected chi connectivity index (χ2v) is 6.12. The third-order valence-electron chi connectivity index (χ3n) is 3.60. The van der Waals surface area contributed by atoms with Gasteiger partial charge in [-0.05, 0) is 50.3 Å². The number of hydrogen-bond donors (Lipinski definition) is 0. The van der Waals surface area contributed by atoms with E-state index in [1.807, 2.05) is 0 Å². The molecule has 0 atom stereocenters. The van der Waals surface area contributed by atoms with E-state index in [9.17, 15) is 27.2 Å². The van der Waals surface area contributed by atoms with Crippen LogP contribution in [0.5, 0.6) is 0 Å². The van der Waals surface area contributed by atoms with Gasteiger partial charge in [-0.1, -0.05) is 0 Å². The monoisotopic (exact) mass is 375 g/mol. The number of halogens is 4. The fourth-order valence-electron chi connectivity index (χ4n) is 2.54. The molecular weight excluding hydrogens is 358 g/mol. The quantitative estimate of drug-likeness (QED) is 0.611. The van der Waals surface area contributed by atoms with Crippen LogP contribution < -0.4 is 5.69 Å². The SMILES string of the molecule is CC(C)N(C(=O)n1nnn(-c2ccc(C(F)(F)F)c(F)c2)c1=O)C(C)C. The second kappa shape index (κ2) is 6.89. The van der Waals surface area contributed by atoms with Gasteiger partial charge in [-0.15, -0.1) is 4.68 Å². The number of alkyl halides is 3. The third kappa shape index (κ3) is 3.60. The highest BCUT2D eigenvalue weighted by molar-refractivity contribution is 5.76. The Balaban J connectivity index is 2.45. The van der Waals surface area contributed by atoms with Gasteiger partial charge in [0.1, 0.15) is 5.82 Å². The summed E-state index contributed by atoms with van der Waals surface area (Å²) in [5.74, 6) is -1.56. The van der Waals surface area contributed by atoms with Gasteiger partial charge in [0.25, 0.3) is 0 Å². The van der Waals surface area contributed by atoms with E-state index < -0.39 is 29.3 Å². The predicted octanol–water partition coefficient (Wildman–Crippen LogP) is 2.67. The normalized spacial score (nSPS) is 12.1. The summed E-state index contributed by atoms with van der Waals surface area (Å²) in [7, 11) is 0. The molecule has 0 N–H and O–H groups in total. The van der Waals surface area contributed by atoms with Gasteiger partial charge in [0, 0.05) is 18.2 Å². The van der Waals surface area contributed by atoms with Crippen molar-refractivity contribution in [1.82, 2.24) is 24.7 Å². The number of carbonyl (C=O) groups excluding carboxylic acids is 1. The summed E-state index contributed by atoms with van der Waals surface area (Å²) in [6.07, 6.45) is -4.86. The molecule has 142 valence electrons. The lowest BCUT2D eigenvalue weighted by atomic mass is 10.2. The molecule has 0 aliphatic rings. The molecule has 0 aliphatic heterocycles. The molecule has 0 bridgehead atoms. The standard InChI is InChI=1S/C15H17F4N5O2/c1-8(2)22(9(3)4)13(25)24-14(26)23(20-21-24)10-5-6-11(12(16)7-10)15(17,18)19/h5-9H,1-4H3. The van der Waals surface area contributed by atoms with Crippen molar-refractivity contribution in [2.45, 2.75) is 46.0 Å². The van der Waals surface area contributed by atoms with E-state index in [2.05, 4.69) is 10.4 Å². The molecule has 0 spiro atoms. The topological polar surface area (TPSA) is 73.0 Å². The fourth-order valence-corrected chi connectivity index (χ4v) is 2.54. The predicted molar refractivity (Wildman–Crippen MR) is 83.5 cm³/mol. The molecule has 1 aromatic heterocycles. The van der Waals surface area contributed by atoms with Crippen LogP contribution in [0.2, 0.25) is 0 Å². The number of amides is 1. The van der Waals surface area contributed by atoms with E-state index in [0.717, 1.165) is 6.07 Å². The highest BCUT2D eigenvalue weighted by Crippen LogP contribution is 2.31. The van der Waals surface area contributed by atoms with Gasteiger partial charge in [0.2, 0.25) is 0 Å². The van der Waals surface area contributed by atoms with Gasteiger partial charge in [0.05, 0.1) is 11.3 Å². The number of nitrogens with zero attached hydrogens (tertiary/aromatic N) is 5. The number of carbonyl (C=O) groups is 1. The summed E-state index contributed by atoms with van der Waals surface area (Å²) >= 11 is 0. The van der Waals surface area contributed by atoms with Gasteiger partial charge < -0.3 is 4.90 Å². The maximum absolute atomic E-state index is 13.7. The fraction of sp³-hybridized carbons (Fsp3) is 0.467. The van der Waals surface area contributed by atoms with Crippen molar-refractivity contribution in [3.8, 4) is 5.69 Å². The summed E-state index contributed by atoms with van der Waals surface area (Å²) in [6, 6.07) is 0.673. The minimum absolute atomic E-state index is 0.233. The molecule has 0 fully saturated rings. The third-order valence-corrected chi connectivity index (χ3v) is 3.60. The zero-order valence-electron chi connectivity index (χ0n) is 14.5. The van der Waals surface area contributed by atoms with Crippen LogP contribution in [-0.4, -0.2) is 42.8 Å². The van der Waals surface area contributed by atoms with Crippen LogP contribution in [0, 0.1) is 5.82 Å². The van der Waals surface area contributed by atoms with Crippen molar-refractivity contribution in [3.05, 3.63) is 40.1 Å². The molecule has 0 radical (unpaired) electrons. The summed E-state index contributed by atoms with van der Waals surface area (Å²) in [5.41, 5.74) is -2.76. The van der Waals surface area contributed by atoms with Crippen LogP contribution in [0.25, 0.3) is 5.69 Å². The average Bonchev–Trinajstić information content (AvgIpc) is 2.86. The first kappa shape index (κ1) is 19.6. The van der Waals surface area contributed by atoms with Crippen molar-refractivity contribution in [3.63, 3.8) is 0 Å². The summed E-state index contributed by atoms with van der Waals surface area (Å²) in [5, 5.41) is 6.92. The molecule has 0 saturated carbocycles. The maximum atomic E-state index is 13.7. The van der Waals surface area contributed by atoms with E-state index in [0.29, 0.717) is 21.5 Å². The summed E-state index contributed by atoms with van der Waals surface area (Å²) < 4.78 is 52.6. The Morgan fingerprint density at radius 2 is 1.69 bits per heavy atom. The molecule has 1 aromatic carbocycles. The first-order chi connectivity index (χ1) is 11.9. The molecule has 0 unspecified atom stereocenters. The molecule has 7 nitrogen and oxygen atoms in total. The van der Waals surface area contributed by atoms with E-state index in [4.69, 9.17) is 0 Å². The van der Waals surface area contributed by atoms with Gasteiger partial charge in [-0.25, -0.2) is 14.0 Å². The van der Waals surface area contributed by atoms with Crippen LogP contribution in [0.3, 0.4) is 0 Å². The first-order valence-electron chi connectivity index (χ1n) is 7.70. The first-order valence-corrected chi connectivity index (χ1v) is 7.70. The number of benzene rings is 1. The Kier molecular flexibility index (Phi) is 5.19. The lowest BCUT2D eigenvalue weighted by Crippen LogP contribution is -2.47. The Morgan fingerprint density at radius 1 is 1.12 bits per heavy atom. The van der Waals surface area contributed by atoms with Crippen molar-refractivity contribution in [1.29, 1.82) is 0 Å². The molecule has 0 aliphatic carbocycles. The van der Waals surface area contributed by atoms with Crippen LogP contribution in [-0.2, 0) is 6.18 Å². The number of hydrogen-bond acceptors (Lipinski definition) is 4. The molecule has 1 amide bonds. The number of tetrazole rings is 1. The van der Waals surface area contributed by atoms with E-state index in [1.54, 1.807) is 27.7 Å². The van der Waals surface area contributed by atoms with Crippen LogP contribution >= 0.6 is 0 Å². The minimum Gasteiger partial charge on any atom is -0.318 e. The highest BCUT2D eigenvalue weighted by Gasteiger charge is 2.34. The van der Waals surface area contributed by atoms with E-state index >= 15 is 0 Å². The highest BCUT2D eigenvalue weighted by atomic mass is 19.4. The van der Waals surface area contributed by atoms with Crippen molar-refractivity contribution < 1.29 is 22.4 Å². The average molecular weight is 375 g/mol. The van der Waals surface area contributed by atoms with Crippen LogP contribution in [0.1, 0.15) is 33.3 Å². The van der Waals surface area contributed by atoms with Crippen molar-refractivity contribution in [2.24, 2.45) is 0 Å². The Morgan fingerprint density at radius 3 is 2.15 bits per heavy atom. The lowest BCUT2D eigenvalue weighted by Gasteiger charge is -2.29. The van der Waals surface area contributed by atoms with Crippen LogP contribution in [0.15, 0.2) is 23.0 Å². The van der Waals surface area contributed by atoms with Crippen molar-refractivity contribution >= 4 is 6.03 Å². The molecule has 1 heterocycles. The largest absolute Gasteiger partial charge is 0.419 e. The minimum atomic E-state index is -4.86. The zero-order chi connectivity index (χ0) is 19.8. The molecule has 0 saturated heterocycles. The molecule has 11 heteroatoms. The Bertz CT molecular complexity index is 862. The van der Waals surface area contributed by atoms with Gasteiger partial charge in [0.15, 0.2) is 0 Å².